The number of amides is 1. The highest BCUT2D eigenvalue weighted by Gasteiger charge is 2.70. The Balaban J connectivity index is 2.38. The number of fused-ring (bicyclic) bond motifs is 1. The summed E-state index contributed by atoms with van der Waals surface area (Å²) in [6, 6.07) is -0.865. The molecule has 2 fully saturated rings. The zero-order chi connectivity index (χ0) is 12.3. The number of carboxylic acids is 1. The lowest BCUT2D eigenvalue weighted by Crippen LogP contribution is -2.68. The molecule has 0 aromatic rings. The molecule has 2 saturated heterocycles. The molecule has 0 saturated carbocycles. The molecule has 2 rings (SSSR count). The number of thioether (sulfide) groups is 1. The fourth-order valence-corrected chi connectivity index (χ4v) is 5.22. The average Bonchev–Trinajstić information content (AvgIpc) is 2.51. The number of hydrogen-bond donors (Lipinski definition) is 1. The quantitative estimate of drug-likeness (QED) is 0.575. The van der Waals surface area contributed by atoms with Gasteiger partial charge in [0.2, 0.25) is 0 Å². The molecule has 0 aromatic carbocycles. The highest BCUT2D eigenvalue weighted by Crippen LogP contribution is 2.60. The van der Waals surface area contributed by atoms with E-state index in [9.17, 15) is 14.7 Å². The molecule has 0 unspecified atom stereocenters. The van der Waals surface area contributed by atoms with Crippen LogP contribution in [0.5, 0.6) is 0 Å². The number of aliphatic carboxylic acids is 1. The second kappa shape index (κ2) is 3.76. The molecule has 2 aliphatic rings. The molecule has 16 heavy (non-hydrogen) atoms. The number of carbonyl (C=O) groups is 2. The van der Waals surface area contributed by atoms with Crippen LogP contribution in [0.3, 0.4) is 0 Å². The second-order valence-electron chi connectivity index (χ2n) is 3.99. The molecule has 0 spiro atoms. The molecule has 0 aromatic heterocycles. The van der Waals surface area contributed by atoms with Crippen molar-refractivity contribution in [2.24, 2.45) is 0 Å². The summed E-state index contributed by atoms with van der Waals surface area (Å²) in [6.07, 6.45) is 0. The summed E-state index contributed by atoms with van der Waals surface area (Å²) < 4.78 is -1.50. The summed E-state index contributed by atoms with van der Waals surface area (Å²) >= 11 is 13.8. The van der Waals surface area contributed by atoms with E-state index in [-0.39, 0.29) is 17.2 Å². The maximum absolute atomic E-state index is 11.8. The Morgan fingerprint density at radius 3 is 2.69 bits per heavy atom. The third-order valence-electron chi connectivity index (χ3n) is 2.82. The van der Waals surface area contributed by atoms with E-state index in [4.69, 9.17) is 11.6 Å². The molecule has 90 valence electrons. The lowest BCUT2D eigenvalue weighted by Gasteiger charge is -2.46. The fourth-order valence-electron chi connectivity index (χ4n) is 1.97. The Morgan fingerprint density at radius 2 is 2.25 bits per heavy atom. The summed E-state index contributed by atoms with van der Waals surface area (Å²) in [5, 5.41) is 8.96. The number of alkyl halides is 3. The number of carbonyl (C=O) groups excluding carboxylic acids is 1. The number of rotatable bonds is 2. The van der Waals surface area contributed by atoms with Crippen molar-refractivity contribution in [1.82, 2.24) is 4.90 Å². The second-order valence-corrected chi connectivity index (χ2v) is 9.44. The number of β-lactam (4-membered cyclic amide) rings is 1. The highest BCUT2D eigenvalue weighted by atomic mass is 79.9. The minimum Gasteiger partial charge on any atom is -0.480 e. The van der Waals surface area contributed by atoms with Crippen LogP contribution < -0.4 is 0 Å². The summed E-state index contributed by atoms with van der Waals surface area (Å²) in [4.78, 5) is 24.4. The summed E-state index contributed by atoms with van der Waals surface area (Å²) in [7, 11) is 0. The first kappa shape index (κ1) is 13.0. The molecule has 0 aliphatic carbocycles. The summed E-state index contributed by atoms with van der Waals surface area (Å²) in [5.74, 6) is -1.08. The SMILES string of the molecule is C[C@@]1(CCl)S[C@H]2N(C(=O)C2(Br)Br)[C@H]1C(=O)O. The van der Waals surface area contributed by atoms with Crippen LogP contribution in [-0.4, -0.2) is 47.2 Å². The molecule has 2 aliphatic heterocycles. The van der Waals surface area contributed by atoms with E-state index in [0.717, 1.165) is 0 Å². The first-order valence-corrected chi connectivity index (χ1v) is 7.43. The molecule has 0 bridgehead atoms. The van der Waals surface area contributed by atoms with Crippen molar-refractivity contribution in [2.45, 2.75) is 26.3 Å². The topological polar surface area (TPSA) is 57.6 Å². The predicted molar refractivity (Wildman–Crippen MR) is 69.4 cm³/mol. The van der Waals surface area contributed by atoms with Crippen molar-refractivity contribution in [3.05, 3.63) is 0 Å². The molecular weight excluding hydrogens is 385 g/mol. The summed E-state index contributed by atoms with van der Waals surface area (Å²) in [6.45, 7) is 1.77. The molecule has 4 nitrogen and oxygen atoms in total. The lowest BCUT2D eigenvalue weighted by molar-refractivity contribution is -0.157. The van der Waals surface area contributed by atoms with E-state index in [0.29, 0.717) is 0 Å². The van der Waals surface area contributed by atoms with Crippen LogP contribution in [-0.2, 0) is 9.59 Å². The molecule has 0 radical (unpaired) electrons. The van der Waals surface area contributed by atoms with Gasteiger partial charge in [-0.3, -0.25) is 4.79 Å². The van der Waals surface area contributed by atoms with Crippen molar-refractivity contribution in [2.75, 3.05) is 5.88 Å². The maximum Gasteiger partial charge on any atom is 0.327 e. The van der Waals surface area contributed by atoms with Gasteiger partial charge in [0.25, 0.3) is 5.91 Å². The maximum atomic E-state index is 11.8. The molecule has 1 N–H and O–H groups in total. The third-order valence-corrected chi connectivity index (χ3v) is 7.39. The van der Waals surface area contributed by atoms with Crippen LogP contribution in [0.15, 0.2) is 0 Å². The van der Waals surface area contributed by atoms with Gasteiger partial charge in [-0.2, -0.15) is 0 Å². The van der Waals surface area contributed by atoms with Gasteiger partial charge >= 0.3 is 5.97 Å². The van der Waals surface area contributed by atoms with Gasteiger partial charge in [-0.1, -0.05) is 31.9 Å². The normalized spacial score (nSPS) is 40.5. The van der Waals surface area contributed by atoms with E-state index < -0.39 is 20.0 Å². The van der Waals surface area contributed by atoms with Crippen molar-refractivity contribution < 1.29 is 14.7 Å². The Hall–Kier alpha value is 0.540. The largest absolute Gasteiger partial charge is 0.480 e. The number of nitrogens with zero attached hydrogens (tertiary/aromatic N) is 1. The van der Waals surface area contributed by atoms with Gasteiger partial charge < -0.3 is 10.0 Å². The molecule has 2 heterocycles. The number of hydrogen-bond acceptors (Lipinski definition) is 3. The fraction of sp³-hybridized carbons (Fsp3) is 0.750. The Bertz CT molecular complexity index is 380. The Kier molecular flexibility index (Phi) is 3.06. The molecule has 3 atom stereocenters. The molecular formula is C8H8Br2ClNO3S. The van der Waals surface area contributed by atoms with Gasteiger partial charge in [-0.15, -0.1) is 23.4 Å². The van der Waals surface area contributed by atoms with Gasteiger partial charge in [0.05, 0.1) is 4.75 Å². The predicted octanol–water partition coefficient (Wildman–Crippen LogP) is 1.84. The zero-order valence-electron chi connectivity index (χ0n) is 8.11. The zero-order valence-corrected chi connectivity index (χ0v) is 12.9. The van der Waals surface area contributed by atoms with Crippen molar-refractivity contribution in [1.29, 1.82) is 0 Å². The standard InChI is InChI=1S/C8H8Br2ClNO3S/c1-7(2-11)3(4(13)14)12-5(15)8(9,10)6(12)16-7/h3,6H,2H2,1H3,(H,13,14)/t3-,6+,7-/m0/s1. The summed E-state index contributed by atoms with van der Waals surface area (Å²) in [5.41, 5.74) is 0. The van der Waals surface area contributed by atoms with Crippen molar-refractivity contribution in [3.8, 4) is 0 Å². The van der Waals surface area contributed by atoms with Crippen LogP contribution in [0.25, 0.3) is 0 Å². The monoisotopic (exact) mass is 391 g/mol. The van der Waals surface area contributed by atoms with Gasteiger partial charge in [-0.05, 0) is 6.92 Å². The van der Waals surface area contributed by atoms with Crippen LogP contribution in [0.4, 0.5) is 0 Å². The number of halogens is 3. The first-order chi connectivity index (χ1) is 7.25. The first-order valence-electron chi connectivity index (χ1n) is 4.43. The smallest absolute Gasteiger partial charge is 0.327 e. The van der Waals surface area contributed by atoms with E-state index in [2.05, 4.69) is 31.9 Å². The van der Waals surface area contributed by atoms with Crippen LogP contribution in [0.2, 0.25) is 0 Å². The minimum absolute atomic E-state index is 0.186. The average molecular weight is 393 g/mol. The minimum atomic E-state index is -1.01. The van der Waals surface area contributed by atoms with Crippen LogP contribution >= 0.6 is 55.2 Å². The van der Waals surface area contributed by atoms with Gasteiger partial charge in [-0.25, -0.2) is 4.79 Å². The van der Waals surface area contributed by atoms with E-state index in [1.165, 1.54) is 16.7 Å². The van der Waals surface area contributed by atoms with Gasteiger partial charge in [0.15, 0.2) is 3.23 Å². The Labute approximate surface area is 118 Å². The van der Waals surface area contributed by atoms with Gasteiger partial charge in [0.1, 0.15) is 11.4 Å². The molecule has 8 heteroatoms. The van der Waals surface area contributed by atoms with E-state index in [1.54, 1.807) is 6.92 Å². The van der Waals surface area contributed by atoms with Crippen molar-refractivity contribution in [3.63, 3.8) is 0 Å². The van der Waals surface area contributed by atoms with Crippen LogP contribution in [0, 0.1) is 0 Å². The Morgan fingerprint density at radius 1 is 1.69 bits per heavy atom. The van der Waals surface area contributed by atoms with Crippen LogP contribution in [0.1, 0.15) is 6.92 Å². The molecule has 1 amide bonds. The third kappa shape index (κ3) is 1.47. The lowest BCUT2D eigenvalue weighted by atomic mass is 9.98. The van der Waals surface area contributed by atoms with E-state index in [1.807, 2.05) is 0 Å². The van der Waals surface area contributed by atoms with Gasteiger partial charge in [0, 0.05) is 5.88 Å². The van der Waals surface area contributed by atoms with Crippen molar-refractivity contribution >= 4 is 67.1 Å². The number of carboxylic acid groups (broad SMARTS) is 1. The van der Waals surface area contributed by atoms with E-state index >= 15 is 0 Å². The highest BCUT2D eigenvalue weighted by molar-refractivity contribution is 9.26.